The van der Waals surface area contributed by atoms with E-state index in [4.69, 9.17) is 9.84 Å². The highest BCUT2D eigenvalue weighted by atomic mass is 19.4. The number of carbonyl (C=O) groups is 1. The van der Waals surface area contributed by atoms with Gasteiger partial charge in [0.25, 0.3) is 5.91 Å². The summed E-state index contributed by atoms with van der Waals surface area (Å²) in [5, 5.41) is 7.60. The summed E-state index contributed by atoms with van der Waals surface area (Å²) in [7, 11) is 0. The largest absolute Gasteiger partial charge is 0.494 e. The van der Waals surface area contributed by atoms with E-state index in [1.54, 1.807) is 16.8 Å². The number of para-hydroxylation sites is 1. The molecule has 9 nitrogen and oxygen atoms in total. The number of nitrogens with one attached hydrogen (secondary N) is 5. The number of aromatic nitrogens is 2. The van der Waals surface area contributed by atoms with Crippen molar-refractivity contribution in [3.63, 3.8) is 0 Å². The second-order valence-corrected chi connectivity index (χ2v) is 11.1. The smallest absolute Gasteiger partial charge is 0.416 e. The number of hydrogen-bond donors (Lipinski definition) is 5. The van der Waals surface area contributed by atoms with Gasteiger partial charge in [-0.2, -0.15) is 42.5 Å². The monoisotopic (exact) mass is 625 g/mol. The van der Waals surface area contributed by atoms with Crippen molar-refractivity contribution < 1.29 is 35.9 Å². The third-order valence-electron chi connectivity index (χ3n) is 7.72. The Balaban J connectivity index is 1.49. The van der Waals surface area contributed by atoms with Gasteiger partial charge in [-0.25, -0.2) is 10.9 Å². The van der Waals surface area contributed by atoms with E-state index in [9.17, 15) is 18.0 Å². The lowest BCUT2D eigenvalue weighted by atomic mass is 9.76. The molecule has 1 saturated heterocycles. The third kappa shape index (κ3) is 6.41. The molecule has 0 spiro atoms. The maximum atomic E-state index is 15.2. The van der Waals surface area contributed by atoms with Crippen LogP contribution in [0.25, 0.3) is 16.5 Å². The van der Waals surface area contributed by atoms with Gasteiger partial charge in [-0.3, -0.25) is 9.48 Å². The van der Waals surface area contributed by atoms with Crippen molar-refractivity contribution >= 4 is 22.4 Å². The molecule has 2 aliphatic heterocycles. The normalized spacial score (nSPS) is 20.2. The van der Waals surface area contributed by atoms with Crippen LogP contribution in [0.2, 0.25) is 0 Å². The molecule has 1 aromatic heterocycles. The molecule has 44 heavy (non-hydrogen) atoms. The predicted octanol–water partition coefficient (Wildman–Crippen LogP) is 5.29. The van der Waals surface area contributed by atoms with E-state index in [0.717, 1.165) is 5.52 Å². The first-order valence-electron chi connectivity index (χ1n) is 14.2. The molecular weight excluding hydrogens is 592 g/mol. The lowest BCUT2D eigenvalue weighted by Crippen LogP contribution is -2.60. The van der Waals surface area contributed by atoms with Crippen molar-refractivity contribution in [2.45, 2.75) is 76.1 Å². The van der Waals surface area contributed by atoms with Gasteiger partial charge in [-0.05, 0) is 62.4 Å². The van der Waals surface area contributed by atoms with Gasteiger partial charge in [0.2, 0.25) is 0 Å². The molecule has 1 amide bonds. The number of hydrazine groups is 3. The molecule has 0 saturated carbocycles. The van der Waals surface area contributed by atoms with Crippen LogP contribution in [-0.4, -0.2) is 40.8 Å². The number of ether oxygens (including phenoxy) is 1. The first-order chi connectivity index (χ1) is 20.8. The van der Waals surface area contributed by atoms with Gasteiger partial charge in [0.15, 0.2) is 5.54 Å². The number of carbonyl (C=O) groups excluding carboxylic acids is 1. The zero-order valence-corrected chi connectivity index (χ0v) is 24.0. The summed E-state index contributed by atoms with van der Waals surface area (Å²) in [6, 6.07) is 12.3. The Morgan fingerprint density at radius 2 is 1.66 bits per heavy atom. The molecule has 3 aromatic rings. The third-order valence-corrected chi connectivity index (χ3v) is 7.72. The number of rotatable bonds is 10. The van der Waals surface area contributed by atoms with Gasteiger partial charge in [0, 0.05) is 24.3 Å². The average Bonchev–Trinajstić information content (AvgIpc) is 3.62. The highest BCUT2D eigenvalue weighted by Crippen LogP contribution is 2.49. The Morgan fingerprint density at radius 3 is 2.30 bits per heavy atom. The second-order valence-electron chi connectivity index (χ2n) is 11.1. The SMILES string of the molecule is CC(C)n1nc(C2=C(C3NNNN3)C(=O)N[C@@](c3ccc(OCCCCCC(F)(F)F)cc3)(C(F)(F)F)C2)c2ccccc21. The van der Waals surface area contributed by atoms with Gasteiger partial charge in [-0.15, -0.1) is 0 Å². The molecule has 0 aliphatic carbocycles. The maximum Gasteiger partial charge on any atom is 0.416 e. The Hall–Kier alpha value is -3.66. The summed E-state index contributed by atoms with van der Waals surface area (Å²) in [4.78, 5) is 13.7. The Labute approximate surface area is 249 Å². The lowest BCUT2D eigenvalue weighted by Gasteiger charge is -2.42. The maximum absolute atomic E-state index is 15.2. The summed E-state index contributed by atoms with van der Waals surface area (Å²) in [6.45, 7) is 3.93. The minimum Gasteiger partial charge on any atom is -0.494 e. The lowest BCUT2D eigenvalue weighted by molar-refractivity contribution is -0.202. The molecule has 5 rings (SSSR count). The van der Waals surface area contributed by atoms with Crippen LogP contribution in [-0.2, 0) is 10.3 Å². The number of amides is 1. The van der Waals surface area contributed by atoms with E-state index < -0.39 is 42.8 Å². The summed E-state index contributed by atoms with van der Waals surface area (Å²) in [6.07, 6.45) is -10.9. The van der Waals surface area contributed by atoms with Crippen LogP contribution in [0.4, 0.5) is 26.3 Å². The van der Waals surface area contributed by atoms with Gasteiger partial charge < -0.3 is 10.1 Å². The van der Waals surface area contributed by atoms with Crippen LogP contribution in [0.5, 0.6) is 5.75 Å². The van der Waals surface area contributed by atoms with Crippen LogP contribution in [0.3, 0.4) is 0 Å². The Kier molecular flexibility index (Phi) is 8.94. The van der Waals surface area contributed by atoms with Gasteiger partial charge in [0.05, 0.1) is 23.4 Å². The quantitative estimate of drug-likeness (QED) is 0.154. The van der Waals surface area contributed by atoms with Gasteiger partial charge >= 0.3 is 12.4 Å². The number of halogens is 6. The predicted molar refractivity (Wildman–Crippen MR) is 150 cm³/mol. The molecule has 0 unspecified atom stereocenters. The molecular formula is C29H33F6N7O2. The minimum atomic E-state index is -4.91. The highest BCUT2D eigenvalue weighted by molar-refractivity contribution is 6.07. The summed E-state index contributed by atoms with van der Waals surface area (Å²) in [5.41, 5.74) is 9.00. The number of alkyl halides is 6. The highest BCUT2D eigenvalue weighted by Gasteiger charge is 2.60. The molecule has 3 heterocycles. The van der Waals surface area contributed by atoms with Crippen LogP contribution >= 0.6 is 0 Å². The molecule has 1 atom stereocenters. The van der Waals surface area contributed by atoms with Crippen LogP contribution in [0.15, 0.2) is 54.1 Å². The fraction of sp³-hybridized carbons (Fsp3) is 0.448. The topological polar surface area (TPSA) is 104 Å². The molecule has 238 valence electrons. The number of unbranched alkanes of at least 4 members (excludes halogenated alkanes) is 2. The van der Waals surface area contributed by atoms with Gasteiger partial charge in [0.1, 0.15) is 11.9 Å². The summed E-state index contributed by atoms with van der Waals surface area (Å²) in [5.74, 6) is -0.667. The molecule has 15 heteroatoms. The molecule has 2 aromatic carbocycles. The van der Waals surface area contributed by atoms with Crippen LogP contribution in [0.1, 0.15) is 63.3 Å². The molecule has 5 N–H and O–H groups in total. The zero-order valence-electron chi connectivity index (χ0n) is 24.0. The number of fused-ring (bicyclic) bond motifs is 1. The first-order valence-corrected chi connectivity index (χ1v) is 14.2. The molecule has 1 fully saturated rings. The number of benzene rings is 2. The molecule has 0 bridgehead atoms. The first kappa shape index (κ1) is 31.8. The Morgan fingerprint density at radius 1 is 0.977 bits per heavy atom. The van der Waals surface area contributed by atoms with Crippen molar-refractivity contribution in [2.24, 2.45) is 0 Å². The standard InChI is InChI=1S/C29H33F6N7O2/c1-17(2)42-22-9-5-4-8-20(22)24(39-42)21-16-27(29(33,34)35,36-26(43)23(21)25-37-40-41-38-25)18-10-12-19(13-11-18)44-15-7-3-6-14-28(30,31)32/h4-5,8-13,17,25,37-38,40-41H,3,6-7,14-16H2,1-2H3,(H,36,43)/t27-/m0/s1. The van der Waals surface area contributed by atoms with Crippen molar-refractivity contribution in [1.29, 1.82) is 0 Å². The second kappa shape index (κ2) is 12.4. The Bertz CT molecular complexity index is 1510. The van der Waals surface area contributed by atoms with E-state index in [1.807, 2.05) is 26.0 Å². The van der Waals surface area contributed by atoms with E-state index in [0.29, 0.717) is 18.2 Å². The summed E-state index contributed by atoms with van der Waals surface area (Å²) >= 11 is 0. The van der Waals surface area contributed by atoms with E-state index >= 15 is 13.2 Å². The van der Waals surface area contributed by atoms with Crippen LogP contribution < -0.4 is 32.0 Å². The zero-order chi connectivity index (χ0) is 31.7. The van der Waals surface area contributed by atoms with Gasteiger partial charge in [-0.1, -0.05) is 30.3 Å². The molecule has 2 aliphatic rings. The summed E-state index contributed by atoms with van der Waals surface area (Å²) < 4.78 is 89.8. The average molecular weight is 626 g/mol. The van der Waals surface area contributed by atoms with Crippen molar-refractivity contribution in [3.8, 4) is 5.75 Å². The van der Waals surface area contributed by atoms with E-state index in [1.165, 1.54) is 24.3 Å². The van der Waals surface area contributed by atoms with E-state index in [2.05, 4.69) is 27.2 Å². The fourth-order valence-corrected chi connectivity index (χ4v) is 5.56. The van der Waals surface area contributed by atoms with Crippen molar-refractivity contribution in [3.05, 3.63) is 65.4 Å². The fourth-order valence-electron chi connectivity index (χ4n) is 5.56. The van der Waals surface area contributed by atoms with Crippen LogP contribution in [0, 0.1) is 0 Å². The number of nitrogens with zero attached hydrogens (tertiary/aromatic N) is 2. The minimum absolute atomic E-state index is 0.0276. The van der Waals surface area contributed by atoms with E-state index in [-0.39, 0.29) is 47.2 Å². The van der Waals surface area contributed by atoms with Crippen molar-refractivity contribution in [1.82, 2.24) is 37.0 Å². The van der Waals surface area contributed by atoms with Crippen molar-refractivity contribution in [2.75, 3.05) is 6.61 Å². The number of hydrogen-bond acceptors (Lipinski definition) is 7. The molecule has 0 radical (unpaired) electrons.